The minimum Gasteiger partial charge on any atom is -0.264 e. The van der Waals surface area contributed by atoms with Gasteiger partial charge in [0.2, 0.25) is 0 Å². The molecular formula is C19H15N3. The molecule has 0 amide bonds. The Balaban J connectivity index is 1.75. The van der Waals surface area contributed by atoms with Gasteiger partial charge in [-0.05, 0) is 47.0 Å². The van der Waals surface area contributed by atoms with E-state index in [1.807, 2.05) is 73.2 Å². The van der Waals surface area contributed by atoms with Gasteiger partial charge in [0, 0.05) is 31.0 Å². The van der Waals surface area contributed by atoms with Crippen LogP contribution in [0.4, 0.5) is 0 Å². The fraction of sp³-hybridized carbons (Fsp3) is 0. The van der Waals surface area contributed by atoms with Crippen molar-refractivity contribution in [3.8, 4) is 0 Å². The van der Waals surface area contributed by atoms with Crippen molar-refractivity contribution in [2.75, 3.05) is 0 Å². The Bertz CT molecular complexity index is 713. The van der Waals surface area contributed by atoms with Crippen molar-refractivity contribution in [2.45, 2.75) is 0 Å². The zero-order valence-electron chi connectivity index (χ0n) is 12.0. The summed E-state index contributed by atoms with van der Waals surface area (Å²) in [5.41, 5.74) is 4.15. The highest BCUT2D eigenvalue weighted by atomic mass is 14.7. The topological polar surface area (TPSA) is 38.7 Å². The largest absolute Gasteiger partial charge is 0.264 e. The van der Waals surface area contributed by atoms with E-state index in [1.54, 1.807) is 12.4 Å². The Labute approximate surface area is 129 Å². The maximum absolute atomic E-state index is 4.36. The van der Waals surface area contributed by atoms with Gasteiger partial charge in [0.1, 0.15) is 0 Å². The van der Waals surface area contributed by atoms with E-state index in [1.165, 1.54) is 0 Å². The Morgan fingerprint density at radius 1 is 0.636 bits per heavy atom. The molecule has 3 rings (SSSR count). The van der Waals surface area contributed by atoms with Crippen molar-refractivity contribution in [2.24, 2.45) is 0 Å². The normalized spacial score (nSPS) is 11.3. The fourth-order valence-electron chi connectivity index (χ4n) is 1.98. The summed E-state index contributed by atoms with van der Waals surface area (Å²) in [7, 11) is 0. The number of hydrogen-bond acceptors (Lipinski definition) is 3. The summed E-state index contributed by atoms with van der Waals surface area (Å²) < 4.78 is 0. The van der Waals surface area contributed by atoms with Crippen LogP contribution in [0.25, 0.3) is 24.3 Å². The van der Waals surface area contributed by atoms with Crippen LogP contribution in [-0.2, 0) is 0 Å². The van der Waals surface area contributed by atoms with E-state index >= 15 is 0 Å². The van der Waals surface area contributed by atoms with Gasteiger partial charge in [0.05, 0.1) is 5.69 Å². The molecule has 0 aromatic carbocycles. The standard InChI is InChI=1S/C19H15N3/c1-3-17(14-20-10-1)6-5-16-9-12-22-19(13-16)8-7-18-4-2-11-21-15-18/h1-15H/b6-5+,8-7+. The van der Waals surface area contributed by atoms with Gasteiger partial charge in [-0.25, -0.2) is 0 Å². The van der Waals surface area contributed by atoms with Gasteiger partial charge in [-0.15, -0.1) is 0 Å². The van der Waals surface area contributed by atoms with Crippen LogP contribution in [0.1, 0.15) is 22.4 Å². The van der Waals surface area contributed by atoms with Crippen molar-refractivity contribution in [1.29, 1.82) is 0 Å². The molecule has 22 heavy (non-hydrogen) atoms. The number of pyridine rings is 3. The Morgan fingerprint density at radius 2 is 1.27 bits per heavy atom. The van der Waals surface area contributed by atoms with E-state index in [9.17, 15) is 0 Å². The van der Waals surface area contributed by atoms with Crippen LogP contribution in [0.15, 0.2) is 67.4 Å². The molecule has 0 spiro atoms. The molecule has 0 saturated carbocycles. The molecule has 0 aliphatic heterocycles. The second-order valence-electron chi connectivity index (χ2n) is 4.75. The van der Waals surface area contributed by atoms with E-state index in [-0.39, 0.29) is 0 Å². The predicted molar refractivity (Wildman–Crippen MR) is 90.6 cm³/mol. The van der Waals surface area contributed by atoms with Crippen LogP contribution in [0.2, 0.25) is 0 Å². The van der Waals surface area contributed by atoms with Crippen LogP contribution in [0, 0.1) is 0 Å². The third-order valence-electron chi connectivity index (χ3n) is 3.09. The van der Waals surface area contributed by atoms with Gasteiger partial charge in [-0.1, -0.05) is 30.4 Å². The molecule has 106 valence electrons. The summed E-state index contributed by atoms with van der Waals surface area (Å²) in [4.78, 5) is 12.5. The lowest BCUT2D eigenvalue weighted by Gasteiger charge is -1.97. The van der Waals surface area contributed by atoms with E-state index in [0.29, 0.717) is 0 Å². The zero-order valence-corrected chi connectivity index (χ0v) is 12.0. The molecule has 0 bridgehead atoms. The summed E-state index contributed by atoms with van der Waals surface area (Å²) in [6, 6.07) is 11.9. The van der Waals surface area contributed by atoms with Crippen molar-refractivity contribution < 1.29 is 0 Å². The summed E-state index contributed by atoms with van der Waals surface area (Å²) in [5, 5.41) is 0. The Morgan fingerprint density at radius 3 is 1.91 bits per heavy atom. The summed E-state index contributed by atoms with van der Waals surface area (Å²) in [6.07, 6.45) is 17.1. The summed E-state index contributed by atoms with van der Waals surface area (Å²) in [5.74, 6) is 0. The van der Waals surface area contributed by atoms with Crippen LogP contribution in [0.3, 0.4) is 0 Å². The molecule has 0 aliphatic carbocycles. The van der Waals surface area contributed by atoms with E-state index in [2.05, 4.69) is 21.0 Å². The third-order valence-corrected chi connectivity index (χ3v) is 3.09. The van der Waals surface area contributed by atoms with Crippen molar-refractivity contribution in [3.63, 3.8) is 0 Å². The zero-order chi connectivity index (χ0) is 15.0. The van der Waals surface area contributed by atoms with Gasteiger partial charge in [-0.3, -0.25) is 15.0 Å². The molecule has 3 heterocycles. The fourth-order valence-corrected chi connectivity index (χ4v) is 1.98. The molecule has 0 saturated heterocycles. The first-order valence-corrected chi connectivity index (χ1v) is 7.02. The third kappa shape index (κ3) is 3.96. The van der Waals surface area contributed by atoms with E-state index in [4.69, 9.17) is 0 Å². The van der Waals surface area contributed by atoms with E-state index < -0.39 is 0 Å². The number of hydrogen-bond donors (Lipinski definition) is 0. The molecule has 0 fully saturated rings. The van der Waals surface area contributed by atoms with Crippen LogP contribution in [-0.4, -0.2) is 15.0 Å². The molecule has 3 nitrogen and oxygen atoms in total. The van der Waals surface area contributed by atoms with Crippen molar-refractivity contribution in [1.82, 2.24) is 15.0 Å². The van der Waals surface area contributed by atoms with Crippen LogP contribution >= 0.6 is 0 Å². The van der Waals surface area contributed by atoms with Gasteiger partial charge in [-0.2, -0.15) is 0 Å². The summed E-state index contributed by atoms with van der Waals surface area (Å²) in [6.45, 7) is 0. The summed E-state index contributed by atoms with van der Waals surface area (Å²) >= 11 is 0. The highest BCUT2D eigenvalue weighted by Gasteiger charge is 1.92. The Kier molecular flexibility index (Phi) is 4.47. The average Bonchev–Trinajstić information content (AvgIpc) is 2.60. The molecule has 0 unspecified atom stereocenters. The van der Waals surface area contributed by atoms with Gasteiger partial charge in [0.15, 0.2) is 0 Å². The lowest BCUT2D eigenvalue weighted by atomic mass is 10.1. The lowest BCUT2D eigenvalue weighted by Crippen LogP contribution is -1.82. The Hall–Kier alpha value is -3.07. The highest BCUT2D eigenvalue weighted by Crippen LogP contribution is 2.10. The quantitative estimate of drug-likeness (QED) is 0.720. The molecule has 0 aliphatic rings. The molecule has 3 aromatic rings. The molecule has 0 N–H and O–H groups in total. The maximum atomic E-state index is 4.36. The highest BCUT2D eigenvalue weighted by molar-refractivity contribution is 5.72. The van der Waals surface area contributed by atoms with Gasteiger partial charge >= 0.3 is 0 Å². The average molecular weight is 285 g/mol. The lowest BCUT2D eigenvalue weighted by molar-refractivity contribution is 1.29. The van der Waals surface area contributed by atoms with Crippen LogP contribution in [0.5, 0.6) is 0 Å². The first-order chi connectivity index (χ1) is 10.9. The van der Waals surface area contributed by atoms with E-state index in [0.717, 1.165) is 22.4 Å². The smallest absolute Gasteiger partial charge is 0.0635 e. The molecule has 0 atom stereocenters. The number of aromatic nitrogens is 3. The second-order valence-corrected chi connectivity index (χ2v) is 4.75. The van der Waals surface area contributed by atoms with Crippen molar-refractivity contribution >= 4 is 24.3 Å². The first-order valence-electron chi connectivity index (χ1n) is 7.02. The SMILES string of the molecule is C(=C\c1ccnc(/C=C/c2cccnc2)c1)/c1cccnc1. The minimum atomic E-state index is 0.914. The van der Waals surface area contributed by atoms with Gasteiger partial charge < -0.3 is 0 Å². The molecular weight excluding hydrogens is 270 g/mol. The predicted octanol–water partition coefficient (Wildman–Crippen LogP) is 4.21. The molecule has 3 aromatic heterocycles. The molecule has 3 heteroatoms. The van der Waals surface area contributed by atoms with Gasteiger partial charge in [0.25, 0.3) is 0 Å². The maximum Gasteiger partial charge on any atom is 0.0635 e. The van der Waals surface area contributed by atoms with Crippen molar-refractivity contribution in [3.05, 3.63) is 89.8 Å². The number of rotatable bonds is 4. The monoisotopic (exact) mass is 285 g/mol. The number of nitrogens with zero attached hydrogens (tertiary/aromatic N) is 3. The first kappa shape index (κ1) is 13.9. The van der Waals surface area contributed by atoms with Crippen LogP contribution < -0.4 is 0 Å². The molecule has 0 radical (unpaired) electrons. The second kappa shape index (κ2) is 7.09. The minimum absolute atomic E-state index is 0.914.